The number of rotatable bonds is 6. The van der Waals surface area contributed by atoms with Crippen LogP contribution in [0.2, 0.25) is 0 Å². The summed E-state index contributed by atoms with van der Waals surface area (Å²) >= 11 is 0. The smallest absolute Gasteiger partial charge is 0.324 e. The van der Waals surface area contributed by atoms with E-state index in [9.17, 15) is 14.4 Å². The number of ether oxygens (including phenoxy) is 1. The van der Waals surface area contributed by atoms with Crippen LogP contribution in [-0.4, -0.2) is 59.9 Å². The van der Waals surface area contributed by atoms with Crippen LogP contribution in [0, 0.1) is 0 Å². The van der Waals surface area contributed by atoms with Crippen LogP contribution in [0.25, 0.3) is 0 Å². The molecule has 1 aromatic rings. The maximum Gasteiger partial charge on any atom is 0.324 e. The molecule has 0 radical (unpaired) electrons. The van der Waals surface area contributed by atoms with Gasteiger partial charge in [-0.15, -0.1) is 0 Å². The van der Waals surface area contributed by atoms with Crippen molar-refractivity contribution in [2.24, 2.45) is 0 Å². The van der Waals surface area contributed by atoms with Crippen molar-refractivity contribution in [3.05, 3.63) is 29.8 Å². The van der Waals surface area contributed by atoms with Crippen molar-refractivity contribution in [2.75, 3.05) is 26.2 Å². The summed E-state index contributed by atoms with van der Waals surface area (Å²) < 4.78 is 5.62. The maximum atomic E-state index is 12.7. The van der Waals surface area contributed by atoms with Crippen molar-refractivity contribution in [1.82, 2.24) is 15.1 Å². The molecule has 140 valence electrons. The Hall–Kier alpha value is -2.57. The Balaban J connectivity index is 1.53. The van der Waals surface area contributed by atoms with Crippen LogP contribution in [0.4, 0.5) is 4.79 Å². The van der Waals surface area contributed by atoms with E-state index in [-0.39, 0.29) is 30.4 Å². The zero-order chi connectivity index (χ0) is 18.5. The van der Waals surface area contributed by atoms with Crippen LogP contribution in [0.1, 0.15) is 43.0 Å². The lowest BCUT2D eigenvalue weighted by Crippen LogP contribution is -2.49. The molecule has 0 spiro atoms. The maximum absolute atomic E-state index is 12.7. The summed E-state index contributed by atoms with van der Waals surface area (Å²) in [4.78, 5) is 39.3. The van der Waals surface area contributed by atoms with Gasteiger partial charge in [0.25, 0.3) is 5.91 Å². The number of piperidine rings is 1. The van der Waals surface area contributed by atoms with E-state index in [1.165, 1.54) is 4.90 Å². The van der Waals surface area contributed by atoms with E-state index in [2.05, 4.69) is 12.2 Å². The molecule has 2 aliphatic heterocycles. The number of nitrogens with zero attached hydrogens (tertiary/aromatic N) is 2. The number of imide groups is 1. The highest BCUT2D eigenvalue weighted by molar-refractivity contribution is 6.02. The lowest BCUT2D eigenvalue weighted by atomic mass is 10.0. The summed E-state index contributed by atoms with van der Waals surface area (Å²) in [5.41, 5.74) is 0.626. The summed E-state index contributed by atoms with van der Waals surface area (Å²) in [7, 11) is 0. The number of carbonyl (C=O) groups is 3. The molecule has 2 fully saturated rings. The lowest BCUT2D eigenvalue weighted by Gasteiger charge is -2.35. The first-order valence-electron chi connectivity index (χ1n) is 9.22. The Morgan fingerprint density at radius 1 is 1.19 bits per heavy atom. The molecule has 0 aliphatic carbocycles. The number of carbonyl (C=O) groups excluding carboxylic acids is 3. The molecule has 4 amide bonds. The number of benzene rings is 1. The minimum Gasteiger partial charge on any atom is -0.494 e. The van der Waals surface area contributed by atoms with Gasteiger partial charge in [0, 0.05) is 24.7 Å². The van der Waals surface area contributed by atoms with Gasteiger partial charge >= 0.3 is 6.03 Å². The minimum atomic E-state index is -0.321. The van der Waals surface area contributed by atoms with E-state index >= 15 is 0 Å². The van der Waals surface area contributed by atoms with Gasteiger partial charge in [0.05, 0.1) is 13.2 Å². The predicted molar refractivity (Wildman–Crippen MR) is 96.0 cm³/mol. The summed E-state index contributed by atoms with van der Waals surface area (Å²) in [6.07, 6.45) is 3.32. The monoisotopic (exact) mass is 359 g/mol. The third kappa shape index (κ3) is 3.98. The van der Waals surface area contributed by atoms with Gasteiger partial charge in [0.2, 0.25) is 5.91 Å². The molecule has 26 heavy (non-hydrogen) atoms. The largest absolute Gasteiger partial charge is 0.494 e. The van der Waals surface area contributed by atoms with Crippen molar-refractivity contribution in [1.29, 1.82) is 0 Å². The van der Waals surface area contributed by atoms with E-state index in [1.807, 2.05) is 12.1 Å². The molecule has 2 heterocycles. The molecular weight excluding hydrogens is 334 g/mol. The Kier molecular flexibility index (Phi) is 5.75. The fourth-order valence-electron chi connectivity index (χ4n) is 3.34. The molecule has 0 bridgehead atoms. The van der Waals surface area contributed by atoms with Crippen molar-refractivity contribution >= 4 is 17.8 Å². The number of hydrogen-bond acceptors (Lipinski definition) is 4. The Morgan fingerprint density at radius 3 is 2.46 bits per heavy atom. The van der Waals surface area contributed by atoms with Gasteiger partial charge < -0.3 is 15.0 Å². The molecule has 1 aromatic carbocycles. The SMILES string of the molecule is CCCCOc1ccc(C(=O)N2CCC(N3C(=O)CNC3=O)CC2)cc1. The number of amides is 4. The van der Waals surface area contributed by atoms with Gasteiger partial charge in [0.15, 0.2) is 0 Å². The van der Waals surface area contributed by atoms with Crippen LogP contribution >= 0.6 is 0 Å². The van der Waals surface area contributed by atoms with Gasteiger partial charge in [0.1, 0.15) is 5.75 Å². The third-order valence-electron chi connectivity index (χ3n) is 4.86. The lowest BCUT2D eigenvalue weighted by molar-refractivity contribution is -0.127. The van der Waals surface area contributed by atoms with E-state index in [1.54, 1.807) is 17.0 Å². The fraction of sp³-hybridized carbons (Fsp3) is 0.526. The van der Waals surface area contributed by atoms with E-state index < -0.39 is 0 Å². The molecule has 2 saturated heterocycles. The van der Waals surface area contributed by atoms with Gasteiger partial charge in [-0.05, 0) is 43.5 Å². The van der Waals surface area contributed by atoms with Crippen molar-refractivity contribution < 1.29 is 19.1 Å². The standard InChI is InChI=1S/C19H25N3O4/c1-2-3-12-26-16-6-4-14(5-7-16)18(24)21-10-8-15(9-11-21)22-17(23)13-20-19(22)25/h4-7,15H,2-3,8-13H2,1H3,(H,20,25). The Labute approximate surface area is 153 Å². The molecule has 0 atom stereocenters. The van der Waals surface area contributed by atoms with E-state index in [0.717, 1.165) is 18.6 Å². The van der Waals surface area contributed by atoms with Gasteiger partial charge in [-0.3, -0.25) is 14.5 Å². The number of urea groups is 1. The number of hydrogen-bond donors (Lipinski definition) is 1. The van der Waals surface area contributed by atoms with Crippen LogP contribution in [0.3, 0.4) is 0 Å². The molecule has 7 heteroatoms. The van der Waals surface area contributed by atoms with Crippen molar-refractivity contribution in [2.45, 2.75) is 38.6 Å². The summed E-state index contributed by atoms with van der Waals surface area (Å²) in [5.74, 6) is 0.562. The van der Waals surface area contributed by atoms with Crippen LogP contribution < -0.4 is 10.1 Å². The molecule has 0 aromatic heterocycles. The van der Waals surface area contributed by atoms with Gasteiger partial charge in [-0.2, -0.15) is 0 Å². The molecule has 2 aliphatic rings. The Bertz CT molecular complexity index is 650. The minimum absolute atomic E-state index is 0.0271. The van der Waals surface area contributed by atoms with Gasteiger partial charge in [-0.25, -0.2) is 4.79 Å². The van der Waals surface area contributed by atoms with Crippen LogP contribution in [-0.2, 0) is 4.79 Å². The predicted octanol–water partition coefficient (Wildman–Crippen LogP) is 2.02. The average Bonchev–Trinajstić information content (AvgIpc) is 3.00. The fourth-order valence-corrected chi connectivity index (χ4v) is 3.34. The molecule has 3 rings (SSSR count). The second kappa shape index (κ2) is 8.21. The normalized spacial score (nSPS) is 18.2. The first-order chi connectivity index (χ1) is 12.6. The second-order valence-corrected chi connectivity index (χ2v) is 6.67. The highest BCUT2D eigenvalue weighted by Crippen LogP contribution is 2.21. The number of likely N-dealkylation sites (tertiary alicyclic amines) is 1. The zero-order valence-corrected chi connectivity index (χ0v) is 15.1. The van der Waals surface area contributed by atoms with Crippen LogP contribution in [0.5, 0.6) is 5.75 Å². The second-order valence-electron chi connectivity index (χ2n) is 6.67. The highest BCUT2D eigenvalue weighted by Gasteiger charge is 2.37. The molecule has 1 N–H and O–H groups in total. The number of nitrogens with one attached hydrogen (secondary N) is 1. The van der Waals surface area contributed by atoms with E-state index in [4.69, 9.17) is 4.74 Å². The topological polar surface area (TPSA) is 79.0 Å². The first kappa shape index (κ1) is 18.2. The highest BCUT2D eigenvalue weighted by atomic mass is 16.5. The molecule has 0 unspecified atom stereocenters. The van der Waals surface area contributed by atoms with Crippen molar-refractivity contribution in [3.8, 4) is 5.75 Å². The van der Waals surface area contributed by atoms with Gasteiger partial charge in [-0.1, -0.05) is 13.3 Å². The third-order valence-corrected chi connectivity index (χ3v) is 4.86. The average molecular weight is 359 g/mol. The molecular formula is C19H25N3O4. The Morgan fingerprint density at radius 2 is 1.88 bits per heavy atom. The number of unbranched alkanes of at least 4 members (excludes halogenated alkanes) is 1. The summed E-state index contributed by atoms with van der Waals surface area (Å²) in [6.45, 7) is 3.94. The molecule has 7 nitrogen and oxygen atoms in total. The quantitative estimate of drug-likeness (QED) is 0.623. The van der Waals surface area contributed by atoms with Crippen molar-refractivity contribution in [3.63, 3.8) is 0 Å². The van der Waals surface area contributed by atoms with E-state index in [0.29, 0.717) is 38.1 Å². The van der Waals surface area contributed by atoms with Crippen LogP contribution in [0.15, 0.2) is 24.3 Å². The summed E-state index contributed by atoms with van der Waals surface area (Å²) in [5, 5.41) is 2.54. The summed E-state index contributed by atoms with van der Waals surface area (Å²) in [6, 6.07) is 6.77. The molecule has 0 saturated carbocycles. The first-order valence-corrected chi connectivity index (χ1v) is 9.22. The zero-order valence-electron chi connectivity index (χ0n) is 15.1.